The molecule has 3 aromatic rings. The first-order chi connectivity index (χ1) is 12.6. The van der Waals surface area contributed by atoms with Crippen LogP contribution in [0.3, 0.4) is 0 Å². The van der Waals surface area contributed by atoms with Gasteiger partial charge in [-0.05, 0) is 38.8 Å². The van der Waals surface area contributed by atoms with Crippen LogP contribution in [0.4, 0.5) is 5.82 Å². The van der Waals surface area contributed by atoms with E-state index in [4.69, 9.17) is 8.94 Å². The molecule has 1 atom stereocenters. The van der Waals surface area contributed by atoms with Crippen molar-refractivity contribution in [2.24, 2.45) is 0 Å². The third-order valence-electron chi connectivity index (χ3n) is 4.11. The zero-order valence-corrected chi connectivity index (χ0v) is 15.3. The lowest BCUT2D eigenvalue weighted by atomic mass is 10.3. The van der Waals surface area contributed by atoms with Crippen LogP contribution < -0.4 is 5.32 Å². The van der Waals surface area contributed by atoms with Crippen molar-refractivity contribution in [1.29, 1.82) is 0 Å². The van der Waals surface area contributed by atoms with Gasteiger partial charge in [-0.2, -0.15) is 0 Å². The van der Waals surface area contributed by atoms with Crippen LogP contribution in [0.2, 0.25) is 0 Å². The number of carbonyl (C=O) groups excluding carboxylic acids is 1. The summed E-state index contributed by atoms with van der Waals surface area (Å²) in [4.78, 5) is 12.4. The summed E-state index contributed by atoms with van der Waals surface area (Å²) in [5.41, 5.74) is 0. The van der Waals surface area contributed by atoms with E-state index in [1.54, 1.807) is 19.3 Å². The maximum Gasteiger partial charge on any atom is 0.238 e. The summed E-state index contributed by atoms with van der Waals surface area (Å²) in [6, 6.07) is 5.47. The summed E-state index contributed by atoms with van der Waals surface area (Å²) < 4.78 is 12.5. The SMILES string of the molecule is Cc1cc(NC(=O)C(C)Sc2nnc(C3CC3)n2Cc2ccco2)no1. The zero-order chi connectivity index (χ0) is 18.1. The minimum atomic E-state index is -0.362. The van der Waals surface area contributed by atoms with E-state index in [1.165, 1.54) is 11.8 Å². The van der Waals surface area contributed by atoms with Crippen molar-refractivity contribution in [3.05, 3.63) is 41.8 Å². The van der Waals surface area contributed by atoms with Crippen molar-refractivity contribution in [3.8, 4) is 0 Å². The Morgan fingerprint density at radius 1 is 1.46 bits per heavy atom. The number of thioether (sulfide) groups is 1. The van der Waals surface area contributed by atoms with Gasteiger partial charge in [-0.3, -0.25) is 9.36 Å². The Bertz CT molecular complexity index is 898. The Morgan fingerprint density at radius 3 is 2.96 bits per heavy atom. The Morgan fingerprint density at radius 2 is 2.31 bits per heavy atom. The predicted molar refractivity (Wildman–Crippen MR) is 95.0 cm³/mol. The third kappa shape index (κ3) is 3.67. The monoisotopic (exact) mass is 373 g/mol. The Balaban J connectivity index is 1.49. The first kappa shape index (κ1) is 16.9. The smallest absolute Gasteiger partial charge is 0.238 e. The average Bonchev–Trinajstić information content (AvgIpc) is 2.99. The molecule has 136 valence electrons. The number of nitrogens with zero attached hydrogens (tertiary/aromatic N) is 4. The molecule has 1 amide bonds. The van der Waals surface area contributed by atoms with Crippen LogP contribution in [-0.2, 0) is 11.3 Å². The second kappa shape index (κ2) is 6.99. The van der Waals surface area contributed by atoms with Gasteiger partial charge in [0.1, 0.15) is 17.3 Å². The van der Waals surface area contributed by atoms with Gasteiger partial charge in [-0.1, -0.05) is 16.9 Å². The molecule has 3 heterocycles. The molecule has 26 heavy (non-hydrogen) atoms. The number of anilines is 1. The summed E-state index contributed by atoms with van der Waals surface area (Å²) >= 11 is 1.37. The van der Waals surface area contributed by atoms with Gasteiger partial charge in [0.25, 0.3) is 0 Å². The van der Waals surface area contributed by atoms with Gasteiger partial charge < -0.3 is 14.3 Å². The molecule has 0 spiro atoms. The number of carbonyl (C=O) groups is 1. The van der Waals surface area contributed by atoms with E-state index in [0.29, 0.717) is 29.2 Å². The lowest BCUT2D eigenvalue weighted by Crippen LogP contribution is -2.23. The number of amides is 1. The molecule has 9 heteroatoms. The lowest BCUT2D eigenvalue weighted by molar-refractivity contribution is -0.115. The number of hydrogen-bond donors (Lipinski definition) is 1. The van der Waals surface area contributed by atoms with Gasteiger partial charge in [0.15, 0.2) is 11.0 Å². The fourth-order valence-electron chi connectivity index (χ4n) is 2.60. The summed E-state index contributed by atoms with van der Waals surface area (Å²) in [6.45, 7) is 4.16. The van der Waals surface area contributed by atoms with Crippen LogP contribution in [0.5, 0.6) is 0 Å². The zero-order valence-electron chi connectivity index (χ0n) is 14.5. The molecule has 4 rings (SSSR count). The van der Waals surface area contributed by atoms with Crippen LogP contribution in [0.15, 0.2) is 38.6 Å². The van der Waals surface area contributed by atoms with Crippen LogP contribution in [0, 0.1) is 6.92 Å². The van der Waals surface area contributed by atoms with E-state index in [2.05, 4.69) is 20.7 Å². The molecule has 1 aliphatic carbocycles. The van der Waals surface area contributed by atoms with Gasteiger partial charge in [0, 0.05) is 12.0 Å². The van der Waals surface area contributed by atoms with E-state index < -0.39 is 0 Å². The molecule has 1 N–H and O–H groups in total. The molecule has 0 aromatic carbocycles. The highest BCUT2D eigenvalue weighted by Crippen LogP contribution is 2.40. The number of rotatable bonds is 7. The van der Waals surface area contributed by atoms with Crippen LogP contribution in [0.1, 0.15) is 43.0 Å². The molecule has 1 fully saturated rings. The molecule has 0 radical (unpaired) electrons. The summed E-state index contributed by atoms with van der Waals surface area (Å²) in [7, 11) is 0. The number of aryl methyl sites for hydroxylation is 1. The maximum atomic E-state index is 12.4. The van der Waals surface area contributed by atoms with E-state index in [-0.39, 0.29) is 11.2 Å². The van der Waals surface area contributed by atoms with E-state index in [9.17, 15) is 4.79 Å². The normalized spacial score (nSPS) is 15.2. The van der Waals surface area contributed by atoms with Crippen LogP contribution >= 0.6 is 11.8 Å². The first-order valence-electron chi connectivity index (χ1n) is 8.46. The van der Waals surface area contributed by atoms with Crippen molar-refractivity contribution >= 4 is 23.5 Å². The van der Waals surface area contributed by atoms with Crippen molar-refractivity contribution in [3.63, 3.8) is 0 Å². The number of furan rings is 1. The fraction of sp³-hybridized carbons (Fsp3) is 0.412. The summed E-state index contributed by atoms with van der Waals surface area (Å²) in [5, 5.41) is 15.5. The molecule has 3 aromatic heterocycles. The Labute approximate surface area is 154 Å². The minimum absolute atomic E-state index is 0.163. The summed E-state index contributed by atoms with van der Waals surface area (Å²) in [5.74, 6) is 3.15. The van der Waals surface area contributed by atoms with Gasteiger partial charge in [0.2, 0.25) is 5.91 Å². The van der Waals surface area contributed by atoms with E-state index in [1.807, 2.05) is 23.6 Å². The number of nitrogens with one attached hydrogen (secondary N) is 1. The second-order valence-electron chi connectivity index (χ2n) is 6.35. The standard InChI is InChI=1S/C17H19N5O3S/c1-10-8-14(21-25-10)18-16(23)11(2)26-17-20-19-15(12-5-6-12)22(17)9-13-4-3-7-24-13/h3-4,7-8,11-12H,5-6,9H2,1-2H3,(H,18,21,23). The van der Waals surface area contributed by atoms with Gasteiger partial charge in [0.05, 0.1) is 18.1 Å². The molecule has 0 bridgehead atoms. The first-order valence-corrected chi connectivity index (χ1v) is 9.34. The number of aromatic nitrogens is 4. The van der Waals surface area contributed by atoms with Crippen molar-refractivity contribution in [2.75, 3.05) is 5.32 Å². The molecule has 1 saturated carbocycles. The lowest BCUT2D eigenvalue weighted by Gasteiger charge is -2.12. The Kier molecular flexibility index (Phi) is 4.54. The van der Waals surface area contributed by atoms with Crippen molar-refractivity contribution in [1.82, 2.24) is 19.9 Å². The van der Waals surface area contributed by atoms with Gasteiger partial charge in [-0.25, -0.2) is 0 Å². The molecule has 0 saturated heterocycles. The van der Waals surface area contributed by atoms with Crippen LogP contribution in [-0.4, -0.2) is 31.1 Å². The maximum absolute atomic E-state index is 12.4. The van der Waals surface area contributed by atoms with Gasteiger partial charge in [-0.15, -0.1) is 10.2 Å². The fourth-order valence-corrected chi connectivity index (χ4v) is 3.46. The molecular formula is C17H19N5O3S. The third-order valence-corrected chi connectivity index (χ3v) is 5.19. The van der Waals surface area contributed by atoms with E-state index in [0.717, 1.165) is 24.4 Å². The van der Waals surface area contributed by atoms with Gasteiger partial charge >= 0.3 is 0 Å². The minimum Gasteiger partial charge on any atom is -0.467 e. The molecule has 1 unspecified atom stereocenters. The quantitative estimate of drug-likeness (QED) is 0.635. The average molecular weight is 373 g/mol. The van der Waals surface area contributed by atoms with Crippen molar-refractivity contribution in [2.45, 2.75) is 49.6 Å². The van der Waals surface area contributed by atoms with Crippen molar-refractivity contribution < 1.29 is 13.7 Å². The second-order valence-corrected chi connectivity index (χ2v) is 7.66. The number of hydrogen-bond acceptors (Lipinski definition) is 7. The van der Waals surface area contributed by atoms with E-state index >= 15 is 0 Å². The molecule has 8 nitrogen and oxygen atoms in total. The highest BCUT2D eigenvalue weighted by molar-refractivity contribution is 8.00. The highest BCUT2D eigenvalue weighted by atomic mass is 32.2. The topological polar surface area (TPSA) is 99.0 Å². The largest absolute Gasteiger partial charge is 0.467 e. The molecule has 0 aliphatic heterocycles. The molecular weight excluding hydrogens is 354 g/mol. The van der Waals surface area contributed by atoms with Crippen LogP contribution in [0.25, 0.3) is 0 Å². The summed E-state index contributed by atoms with van der Waals surface area (Å²) in [6.07, 6.45) is 3.91. The predicted octanol–water partition coefficient (Wildman–Crippen LogP) is 3.21. The Hall–Kier alpha value is -2.55. The highest BCUT2D eigenvalue weighted by Gasteiger charge is 2.31. The molecule has 1 aliphatic rings.